The predicted molar refractivity (Wildman–Crippen MR) is 265 cm³/mol. The molecule has 4 aromatic rings. The summed E-state index contributed by atoms with van der Waals surface area (Å²) < 4.78 is 54.1. The quantitative estimate of drug-likeness (QED) is 0.0142. The van der Waals surface area contributed by atoms with Gasteiger partial charge in [0.25, 0.3) is 0 Å². The molecule has 1 fully saturated rings. The molecule has 0 aliphatic heterocycles. The summed E-state index contributed by atoms with van der Waals surface area (Å²) in [5.74, 6) is -6.20. The molecule has 18 heteroatoms. The summed E-state index contributed by atoms with van der Waals surface area (Å²) in [5, 5.41) is 0. The molecule has 5 rings (SSSR count). The van der Waals surface area contributed by atoms with E-state index in [1.165, 1.54) is 74.5 Å². The zero-order valence-electron chi connectivity index (χ0n) is 41.1. The molecule has 0 atom stereocenters. The van der Waals surface area contributed by atoms with Crippen molar-refractivity contribution in [2.75, 3.05) is 26.4 Å². The number of rotatable bonds is 26. The van der Waals surface area contributed by atoms with Crippen LogP contribution in [0.2, 0.25) is 0 Å². The van der Waals surface area contributed by atoms with Gasteiger partial charge in [-0.3, -0.25) is 9.59 Å². The summed E-state index contributed by atoms with van der Waals surface area (Å²) in [6.07, 6.45) is 5.59. The molecular formula is C56H56O18. The predicted octanol–water partition coefficient (Wildman–Crippen LogP) is 9.60. The number of carbonyl (C=O) groups excluding carboxylic acids is 8. The second kappa shape index (κ2) is 28.3. The van der Waals surface area contributed by atoms with Gasteiger partial charge in [-0.05, 0) is 150 Å². The Labute approximate surface area is 427 Å². The third-order valence-electron chi connectivity index (χ3n) is 10.7. The lowest BCUT2D eigenvalue weighted by atomic mass is 9.82. The van der Waals surface area contributed by atoms with Crippen molar-refractivity contribution >= 4 is 47.8 Å². The highest BCUT2D eigenvalue weighted by Gasteiger charge is 2.33. The molecule has 0 amide bonds. The topological polar surface area (TPSA) is 229 Å². The fourth-order valence-corrected chi connectivity index (χ4v) is 6.98. The van der Waals surface area contributed by atoms with Crippen molar-refractivity contribution in [3.8, 4) is 34.5 Å². The smallest absolute Gasteiger partial charge is 0.347 e. The molecule has 0 radical (unpaired) electrons. The van der Waals surface area contributed by atoms with Gasteiger partial charge in [-0.2, -0.15) is 0 Å². The van der Waals surface area contributed by atoms with Crippen LogP contribution in [0.25, 0.3) is 0 Å². The van der Waals surface area contributed by atoms with Gasteiger partial charge in [-0.1, -0.05) is 26.3 Å². The number of ether oxygens (including phenoxy) is 10. The molecule has 0 bridgehead atoms. The maximum Gasteiger partial charge on any atom is 0.347 e. The van der Waals surface area contributed by atoms with Gasteiger partial charge in [0, 0.05) is 12.2 Å². The Morgan fingerprint density at radius 1 is 0.459 bits per heavy atom. The van der Waals surface area contributed by atoms with Crippen LogP contribution in [-0.2, 0) is 38.1 Å². The van der Waals surface area contributed by atoms with Gasteiger partial charge in [-0.15, -0.1) is 0 Å². The standard InChI is InChI=1S/C56H56O18/c1-7-49(57)67-31-11-9-29-65-41-21-17-39(18-22-41)53(61)73-47-27-25-43(33-45(47)55(63)69-35(3)4)71-51(59)37-13-15-38(16-14-37)52(60)72-44-26-28-48(46(34-44)56(64)70-36(5)6)74-54(62)40-19-23-42(24-20-40)66-30-10-12-32-68-50(58)8-2/h7-8,17-28,33-34,37-38H,1-3,5,9-16,29-32H2,4,6H3/t37-,38-. The third-order valence-corrected chi connectivity index (χ3v) is 10.7. The lowest BCUT2D eigenvalue weighted by Gasteiger charge is -2.26. The summed E-state index contributed by atoms with van der Waals surface area (Å²) in [4.78, 5) is 102. The number of allylic oxidation sites excluding steroid dienone is 2. The van der Waals surface area contributed by atoms with E-state index in [9.17, 15) is 38.4 Å². The van der Waals surface area contributed by atoms with E-state index in [2.05, 4.69) is 26.3 Å². The second-order valence-electron chi connectivity index (χ2n) is 16.6. The molecule has 0 heterocycles. The van der Waals surface area contributed by atoms with Crippen LogP contribution in [0.5, 0.6) is 34.5 Å². The maximum absolute atomic E-state index is 13.4. The molecule has 0 unspecified atom stereocenters. The SMILES string of the molecule is C=CC(=O)OCCCCOc1ccc(C(=O)Oc2ccc(OC(=O)[C@H]3CC[C@H](C(=O)Oc4ccc(OC(=O)c5ccc(OCCCCOC(=O)C=C)cc5)c(C(=O)OC(=C)C)c4)CC3)cc2C(=O)OC(=C)C)cc1. The summed E-state index contributed by atoms with van der Waals surface area (Å²) in [6.45, 7) is 17.9. The zero-order valence-corrected chi connectivity index (χ0v) is 41.1. The van der Waals surface area contributed by atoms with Crippen LogP contribution < -0.4 is 28.4 Å². The lowest BCUT2D eigenvalue weighted by Crippen LogP contribution is -2.30. The minimum atomic E-state index is -0.916. The second-order valence-corrected chi connectivity index (χ2v) is 16.6. The van der Waals surface area contributed by atoms with Gasteiger partial charge < -0.3 is 47.4 Å². The van der Waals surface area contributed by atoms with Crippen LogP contribution in [0.15, 0.2) is 135 Å². The molecule has 1 aliphatic carbocycles. The Morgan fingerprint density at radius 3 is 1.14 bits per heavy atom. The van der Waals surface area contributed by atoms with E-state index in [1.807, 2.05) is 0 Å². The molecule has 0 saturated heterocycles. The zero-order chi connectivity index (χ0) is 53.6. The Kier molecular flexibility index (Phi) is 21.5. The highest BCUT2D eigenvalue weighted by Crippen LogP contribution is 2.34. The molecule has 18 nitrogen and oxygen atoms in total. The van der Waals surface area contributed by atoms with E-state index in [-0.39, 0.29) is 95.7 Å². The Hall–Kier alpha value is -8.80. The Balaban J connectivity index is 1.14. The van der Waals surface area contributed by atoms with Crippen molar-refractivity contribution in [2.45, 2.75) is 65.2 Å². The Morgan fingerprint density at radius 2 is 0.797 bits per heavy atom. The van der Waals surface area contributed by atoms with Gasteiger partial charge in [0.2, 0.25) is 0 Å². The van der Waals surface area contributed by atoms with Gasteiger partial charge >= 0.3 is 47.8 Å². The number of carbonyl (C=O) groups is 8. The number of unbranched alkanes of at least 4 members (excludes halogenated alkanes) is 2. The normalized spacial score (nSPS) is 13.6. The fraction of sp³-hybridized carbons (Fsp3) is 0.286. The van der Waals surface area contributed by atoms with Gasteiger partial charge in [0.15, 0.2) is 0 Å². The molecule has 0 N–H and O–H groups in total. The first-order valence-electron chi connectivity index (χ1n) is 23.5. The monoisotopic (exact) mass is 1020 g/mol. The molecule has 0 aromatic heterocycles. The van der Waals surface area contributed by atoms with Crippen molar-refractivity contribution < 1.29 is 85.7 Å². The average Bonchev–Trinajstić information content (AvgIpc) is 3.38. The molecule has 1 aliphatic rings. The van der Waals surface area contributed by atoms with E-state index in [4.69, 9.17) is 47.4 Å². The molecule has 74 heavy (non-hydrogen) atoms. The van der Waals surface area contributed by atoms with Crippen molar-refractivity contribution in [3.63, 3.8) is 0 Å². The lowest BCUT2D eigenvalue weighted by molar-refractivity contribution is -0.145. The number of hydrogen-bond acceptors (Lipinski definition) is 18. The highest BCUT2D eigenvalue weighted by atomic mass is 16.6. The van der Waals surface area contributed by atoms with Crippen molar-refractivity contribution in [3.05, 3.63) is 157 Å². The largest absolute Gasteiger partial charge is 0.494 e. The van der Waals surface area contributed by atoms with Crippen LogP contribution in [-0.4, -0.2) is 74.2 Å². The first kappa shape index (κ1) is 56.1. The molecular weight excluding hydrogens is 961 g/mol. The van der Waals surface area contributed by atoms with Crippen LogP contribution in [0, 0.1) is 11.8 Å². The minimum absolute atomic E-state index is 0.0293. The van der Waals surface area contributed by atoms with Gasteiger partial charge in [-0.25, -0.2) is 28.8 Å². The van der Waals surface area contributed by atoms with Crippen LogP contribution in [0.3, 0.4) is 0 Å². The van der Waals surface area contributed by atoms with E-state index < -0.39 is 59.6 Å². The summed E-state index contributed by atoms with van der Waals surface area (Å²) in [5.41, 5.74) is -0.135. The van der Waals surface area contributed by atoms with Gasteiger partial charge in [0.1, 0.15) is 45.6 Å². The number of benzene rings is 4. The first-order valence-corrected chi connectivity index (χ1v) is 23.5. The van der Waals surface area contributed by atoms with E-state index in [0.717, 1.165) is 12.2 Å². The number of hydrogen-bond donors (Lipinski definition) is 0. The Bertz CT molecular complexity index is 2540. The molecule has 388 valence electrons. The minimum Gasteiger partial charge on any atom is -0.494 e. The molecule has 0 spiro atoms. The van der Waals surface area contributed by atoms with E-state index in [1.54, 1.807) is 24.3 Å². The maximum atomic E-state index is 13.4. The van der Waals surface area contributed by atoms with Crippen molar-refractivity contribution in [1.82, 2.24) is 0 Å². The highest BCUT2D eigenvalue weighted by molar-refractivity contribution is 5.98. The summed E-state index contributed by atoms with van der Waals surface area (Å²) in [7, 11) is 0. The van der Waals surface area contributed by atoms with E-state index in [0.29, 0.717) is 50.4 Å². The first-order chi connectivity index (χ1) is 35.5. The number of esters is 8. The van der Waals surface area contributed by atoms with Crippen molar-refractivity contribution in [1.29, 1.82) is 0 Å². The van der Waals surface area contributed by atoms with Crippen LogP contribution >= 0.6 is 0 Å². The van der Waals surface area contributed by atoms with Crippen molar-refractivity contribution in [2.24, 2.45) is 11.8 Å². The van der Waals surface area contributed by atoms with Crippen LogP contribution in [0.4, 0.5) is 0 Å². The van der Waals surface area contributed by atoms with Crippen LogP contribution in [0.1, 0.15) is 107 Å². The van der Waals surface area contributed by atoms with E-state index >= 15 is 0 Å². The average molecular weight is 1020 g/mol. The summed E-state index contributed by atoms with van der Waals surface area (Å²) >= 11 is 0. The van der Waals surface area contributed by atoms with Gasteiger partial charge in [0.05, 0.1) is 60.9 Å². The fourth-order valence-electron chi connectivity index (χ4n) is 6.98. The molecule has 4 aromatic carbocycles. The molecule has 1 saturated carbocycles. The third kappa shape index (κ3) is 17.8. The summed E-state index contributed by atoms with van der Waals surface area (Å²) in [6, 6.07) is 20.0.